The van der Waals surface area contributed by atoms with Crippen molar-refractivity contribution in [1.29, 1.82) is 0 Å². The second kappa shape index (κ2) is 17.2. The molecule has 0 radical (unpaired) electrons. The van der Waals surface area contributed by atoms with Crippen LogP contribution in [0.1, 0.15) is 68.6 Å². The Bertz CT molecular complexity index is 1790. The van der Waals surface area contributed by atoms with Crippen LogP contribution in [0.2, 0.25) is 0 Å². The summed E-state index contributed by atoms with van der Waals surface area (Å²) in [4.78, 5) is 28.7. The first kappa shape index (κ1) is 38.0. The van der Waals surface area contributed by atoms with Gasteiger partial charge in [0.15, 0.2) is 11.6 Å². The molecule has 1 fully saturated rings. The summed E-state index contributed by atoms with van der Waals surface area (Å²) < 4.78 is 56.9. The second-order valence-corrected chi connectivity index (χ2v) is 12.9. The third-order valence-electron chi connectivity index (χ3n) is 9.35. The number of carbonyl (C=O) groups excluding carboxylic acids is 1. The number of quaternary nitrogens is 1. The van der Waals surface area contributed by atoms with Gasteiger partial charge < -0.3 is 40.4 Å². The van der Waals surface area contributed by atoms with Crippen molar-refractivity contribution < 1.29 is 48.9 Å². The number of ether oxygens (including phenoxy) is 2. The van der Waals surface area contributed by atoms with Gasteiger partial charge in [-0.1, -0.05) is 12.8 Å². The monoisotopic (exact) mass is 743 g/mol. The van der Waals surface area contributed by atoms with E-state index in [-0.39, 0.29) is 45.9 Å². The summed E-state index contributed by atoms with van der Waals surface area (Å²) in [6.45, 7) is 6.03. The number of anilines is 1. The lowest BCUT2D eigenvalue weighted by atomic mass is 10.1. The number of rotatable bonds is 14. The van der Waals surface area contributed by atoms with Gasteiger partial charge in [0, 0.05) is 47.7 Å². The molecule has 0 atom stereocenters. The number of hydrogen-bond donors (Lipinski definition) is 0. The summed E-state index contributed by atoms with van der Waals surface area (Å²) in [6.07, 6.45) is 10.9. The fourth-order valence-corrected chi connectivity index (χ4v) is 6.67. The summed E-state index contributed by atoms with van der Waals surface area (Å²) in [7, 11) is 3.74. The Kier molecular flexibility index (Phi) is 13.3. The molecule has 1 aliphatic heterocycles. The van der Waals surface area contributed by atoms with E-state index in [0.29, 0.717) is 29.6 Å². The molecular weight excluding hydrogens is 699 g/mol. The van der Waals surface area contributed by atoms with Crippen LogP contribution >= 0.6 is 0 Å². The molecule has 2 heterocycles. The van der Waals surface area contributed by atoms with E-state index >= 15 is 0 Å². The lowest BCUT2D eigenvalue weighted by Crippen LogP contribution is -3.00. The molecule has 49 heavy (non-hydrogen) atoms. The predicted molar refractivity (Wildman–Crippen MR) is 183 cm³/mol. The molecule has 0 N–H and O–H groups in total. The quantitative estimate of drug-likeness (QED) is 0.134. The third kappa shape index (κ3) is 9.25. The number of nitrogens with zero attached hydrogens (tertiary/aromatic N) is 3. The van der Waals surface area contributed by atoms with E-state index in [4.69, 9.17) is 9.47 Å². The fourth-order valence-electron chi connectivity index (χ4n) is 6.67. The minimum absolute atomic E-state index is 0. The van der Waals surface area contributed by atoms with Gasteiger partial charge in [-0.05, 0) is 81.8 Å². The van der Waals surface area contributed by atoms with Gasteiger partial charge in [-0.25, -0.2) is 13.2 Å². The van der Waals surface area contributed by atoms with Crippen molar-refractivity contribution >= 4 is 22.5 Å². The molecule has 1 aliphatic rings. The summed E-state index contributed by atoms with van der Waals surface area (Å²) in [6, 6.07) is 12.1. The molecule has 1 amide bonds. The van der Waals surface area contributed by atoms with Crippen LogP contribution in [0.25, 0.3) is 16.6 Å². The zero-order valence-corrected chi connectivity index (χ0v) is 30.0. The van der Waals surface area contributed by atoms with Crippen molar-refractivity contribution in [1.82, 2.24) is 4.57 Å². The highest BCUT2D eigenvalue weighted by Crippen LogP contribution is 2.27. The van der Waals surface area contributed by atoms with E-state index in [9.17, 15) is 22.8 Å². The van der Waals surface area contributed by atoms with Gasteiger partial charge in [-0.3, -0.25) is 9.59 Å². The van der Waals surface area contributed by atoms with Gasteiger partial charge in [0.25, 0.3) is 5.91 Å². The number of hydrogen-bond acceptors (Lipinski definition) is 4. The first-order valence-electron chi connectivity index (χ1n) is 16.9. The number of aromatic nitrogens is 1. The maximum Gasteiger partial charge on any atom is 0.263 e. The summed E-state index contributed by atoms with van der Waals surface area (Å²) >= 11 is 0. The second-order valence-electron chi connectivity index (χ2n) is 12.9. The zero-order chi connectivity index (χ0) is 34.3. The molecule has 11 heteroatoms. The smallest absolute Gasteiger partial charge is 0.263 e. The van der Waals surface area contributed by atoms with Gasteiger partial charge in [0.2, 0.25) is 5.43 Å². The highest BCUT2D eigenvalue weighted by Gasteiger charge is 2.25. The molecule has 3 aromatic carbocycles. The summed E-state index contributed by atoms with van der Waals surface area (Å²) in [5, 5.41) is 0.205. The van der Waals surface area contributed by atoms with Crippen LogP contribution in [-0.2, 0) is 0 Å². The van der Waals surface area contributed by atoms with Crippen LogP contribution in [0, 0.1) is 17.5 Å². The topological polar surface area (TPSA) is 60.8 Å². The standard InChI is InChI=1S/C38H45F3N3O4.BrH/c1-4-42(30-22-27(39)21-28(40)23-30)38(46)33-26-43(29-13-16-36(47-3)34(41)24-29)35-25-31(14-15-32(35)37(33)45)48-20-12-7-5-6-9-17-44(2)18-10-8-11-19-44;/h13-16,21-26H,4-12,17-20H2,1-3H3;1H/q+1;/p-1. The Morgan fingerprint density at radius 3 is 2.27 bits per heavy atom. The van der Waals surface area contributed by atoms with Crippen molar-refractivity contribution in [2.75, 3.05) is 51.8 Å². The normalized spacial score (nSPS) is 13.9. The van der Waals surface area contributed by atoms with Crippen LogP contribution in [0.5, 0.6) is 11.5 Å². The number of amides is 1. The maximum atomic E-state index is 14.9. The molecule has 0 saturated carbocycles. The molecule has 0 spiro atoms. The lowest BCUT2D eigenvalue weighted by Gasteiger charge is -2.37. The number of fused-ring (bicyclic) bond motifs is 1. The van der Waals surface area contributed by atoms with Gasteiger partial charge in [0.05, 0.1) is 45.9 Å². The average molecular weight is 745 g/mol. The summed E-state index contributed by atoms with van der Waals surface area (Å²) in [5.74, 6) is -2.49. The minimum atomic E-state index is -0.850. The number of piperidine rings is 1. The van der Waals surface area contributed by atoms with Gasteiger partial charge in [-0.2, -0.15) is 0 Å². The Morgan fingerprint density at radius 1 is 0.898 bits per heavy atom. The minimum Gasteiger partial charge on any atom is -1.00 e. The van der Waals surface area contributed by atoms with Crippen LogP contribution < -0.4 is 36.8 Å². The highest BCUT2D eigenvalue weighted by molar-refractivity contribution is 6.07. The summed E-state index contributed by atoms with van der Waals surface area (Å²) in [5.41, 5.74) is -0.0844. The number of methoxy groups -OCH3 is 1. The highest BCUT2D eigenvalue weighted by atomic mass is 79.9. The van der Waals surface area contributed by atoms with Crippen LogP contribution in [0.4, 0.5) is 18.9 Å². The number of unbranched alkanes of at least 4 members (excludes halogenated alkanes) is 4. The first-order chi connectivity index (χ1) is 23.1. The molecule has 1 saturated heterocycles. The molecule has 1 aromatic heterocycles. The van der Waals surface area contributed by atoms with E-state index in [1.165, 1.54) is 81.7 Å². The van der Waals surface area contributed by atoms with E-state index in [2.05, 4.69) is 7.05 Å². The maximum absolute atomic E-state index is 14.9. The predicted octanol–water partition coefficient (Wildman–Crippen LogP) is 5.05. The number of benzene rings is 3. The molecule has 4 aromatic rings. The first-order valence-corrected chi connectivity index (χ1v) is 16.9. The molecule has 264 valence electrons. The zero-order valence-electron chi connectivity index (χ0n) is 28.5. The van der Waals surface area contributed by atoms with E-state index in [0.717, 1.165) is 36.3 Å². The third-order valence-corrected chi connectivity index (χ3v) is 9.35. The number of carbonyl (C=O) groups is 1. The van der Waals surface area contributed by atoms with E-state index in [1.807, 2.05) is 0 Å². The Hall–Kier alpha value is -3.83. The number of pyridine rings is 1. The van der Waals surface area contributed by atoms with Gasteiger partial charge in [0.1, 0.15) is 22.9 Å². The van der Waals surface area contributed by atoms with Gasteiger partial charge >= 0.3 is 0 Å². The Morgan fingerprint density at radius 2 is 1.59 bits per heavy atom. The Balaban J connectivity index is 0.00000541. The molecule has 5 rings (SSSR count). The van der Waals surface area contributed by atoms with Crippen molar-refractivity contribution in [2.24, 2.45) is 0 Å². The molecular formula is C38H45BrF3N3O4. The van der Waals surface area contributed by atoms with Crippen LogP contribution in [-0.4, -0.2) is 61.9 Å². The van der Waals surface area contributed by atoms with Crippen LogP contribution in [0.15, 0.2) is 65.6 Å². The number of halogens is 4. The van der Waals surface area contributed by atoms with Crippen molar-refractivity contribution in [3.63, 3.8) is 0 Å². The van der Waals surface area contributed by atoms with Crippen LogP contribution in [0.3, 0.4) is 0 Å². The van der Waals surface area contributed by atoms with Crippen molar-refractivity contribution in [2.45, 2.75) is 58.3 Å². The average Bonchev–Trinajstić information content (AvgIpc) is 3.06. The van der Waals surface area contributed by atoms with E-state index < -0.39 is 28.8 Å². The molecule has 7 nitrogen and oxygen atoms in total. The largest absolute Gasteiger partial charge is 1.00 e. The molecule has 0 aliphatic carbocycles. The number of likely N-dealkylation sites (tertiary alicyclic amines) is 1. The van der Waals surface area contributed by atoms with Crippen molar-refractivity contribution in [3.8, 4) is 17.2 Å². The fraction of sp³-hybridized carbons (Fsp3) is 0.421. The van der Waals surface area contributed by atoms with E-state index in [1.54, 1.807) is 35.8 Å². The molecule has 0 unspecified atom stereocenters. The van der Waals surface area contributed by atoms with Gasteiger partial charge in [-0.15, -0.1) is 0 Å². The SMILES string of the molecule is CCN(C(=O)c1cn(-c2ccc(OC)c(F)c2)c2cc(OCCCCCCC[N+]3(C)CCCCC3)ccc2c1=O)c1cc(F)cc(F)c1.[Br-]. The van der Waals surface area contributed by atoms with Crippen molar-refractivity contribution in [3.05, 3.63) is 94.0 Å². The lowest BCUT2D eigenvalue weighted by molar-refractivity contribution is -0.914. The Labute approximate surface area is 296 Å². The molecule has 0 bridgehead atoms.